The average Bonchev–Trinajstić information content (AvgIpc) is 2.69. The molecule has 0 saturated carbocycles. The van der Waals surface area contributed by atoms with Crippen molar-refractivity contribution in [3.8, 4) is 5.75 Å². The predicted octanol–water partition coefficient (Wildman–Crippen LogP) is 1.21. The van der Waals surface area contributed by atoms with Gasteiger partial charge in [0, 0.05) is 9.99 Å². The van der Waals surface area contributed by atoms with Gasteiger partial charge in [0.1, 0.15) is 11.8 Å². The van der Waals surface area contributed by atoms with Gasteiger partial charge in [0.25, 0.3) is 0 Å². The second-order valence-corrected chi connectivity index (χ2v) is 5.06. The molecule has 17 heavy (non-hydrogen) atoms. The number of carbonyl (C=O) groups is 2. The van der Waals surface area contributed by atoms with Gasteiger partial charge >= 0.3 is 0 Å². The fourth-order valence-corrected chi connectivity index (χ4v) is 2.12. The molecule has 1 fully saturated rings. The number of amides is 2. The molecule has 1 atom stereocenters. The lowest BCUT2D eigenvalue weighted by molar-refractivity contribution is -0.122. The van der Waals surface area contributed by atoms with Gasteiger partial charge in [-0.1, -0.05) is 0 Å². The number of carbonyl (C=O) groups excluding carboxylic acids is 2. The van der Waals surface area contributed by atoms with Crippen molar-refractivity contribution in [2.45, 2.75) is 18.9 Å². The summed E-state index contributed by atoms with van der Waals surface area (Å²) >= 11 is 2.07. The molecule has 0 unspecified atom stereocenters. The number of aromatic hydroxyl groups is 1. The van der Waals surface area contributed by atoms with E-state index in [-0.39, 0.29) is 17.6 Å². The van der Waals surface area contributed by atoms with Gasteiger partial charge in [-0.15, -0.1) is 0 Å². The van der Waals surface area contributed by atoms with E-state index in [4.69, 9.17) is 0 Å². The SMILES string of the molecule is O=C1CC[C@H](C(=O)Nc2ccc(I)cc2O)N1. The smallest absolute Gasteiger partial charge is 0.247 e. The number of phenolic OH excluding ortho intramolecular Hbond substituents is 1. The van der Waals surface area contributed by atoms with Crippen LogP contribution in [0.5, 0.6) is 5.75 Å². The molecule has 1 saturated heterocycles. The fourth-order valence-electron chi connectivity index (χ4n) is 1.64. The van der Waals surface area contributed by atoms with E-state index >= 15 is 0 Å². The van der Waals surface area contributed by atoms with Crippen molar-refractivity contribution in [2.75, 3.05) is 5.32 Å². The van der Waals surface area contributed by atoms with Gasteiger partial charge in [-0.2, -0.15) is 0 Å². The summed E-state index contributed by atoms with van der Waals surface area (Å²) < 4.78 is 0.882. The maximum atomic E-state index is 11.8. The van der Waals surface area contributed by atoms with Gasteiger partial charge in [-0.3, -0.25) is 9.59 Å². The van der Waals surface area contributed by atoms with E-state index in [9.17, 15) is 14.7 Å². The molecule has 0 aromatic heterocycles. The maximum absolute atomic E-state index is 11.8. The highest BCUT2D eigenvalue weighted by molar-refractivity contribution is 14.1. The molecule has 0 aliphatic carbocycles. The highest BCUT2D eigenvalue weighted by atomic mass is 127. The fraction of sp³-hybridized carbons (Fsp3) is 0.273. The molecule has 1 aromatic carbocycles. The maximum Gasteiger partial charge on any atom is 0.247 e. The Morgan fingerprint density at radius 3 is 2.88 bits per heavy atom. The summed E-state index contributed by atoms with van der Waals surface area (Å²) in [4.78, 5) is 22.7. The van der Waals surface area contributed by atoms with Crippen LogP contribution in [0.1, 0.15) is 12.8 Å². The van der Waals surface area contributed by atoms with Crippen molar-refractivity contribution < 1.29 is 14.7 Å². The third-order valence-electron chi connectivity index (χ3n) is 2.53. The number of rotatable bonds is 2. The molecule has 1 aliphatic rings. The molecule has 1 aliphatic heterocycles. The van der Waals surface area contributed by atoms with Crippen molar-refractivity contribution in [2.24, 2.45) is 0 Å². The van der Waals surface area contributed by atoms with Crippen LogP contribution in [0.4, 0.5) is 5.69 Å². The van der Waals surface area contributed by atoms with E-state index in [2.05, 4.69) is 33.2 Å². The quantitative estimate of drug-likeness (QED) is 0.557. The first-order chi connectivity index (χ1) is 8.06. The molecule has 3 N–H and O–H groups in total. The van der Waals surface area contributed by atoms with Crippen LogP contribution in [0.15, 0.2) is 18.2 Å². The molecule has 1 heterocycles. The van der Waals surface area contributed by atoms with Gasteiger partial charge < -0.3 is 15.7 Å². The van der Waals surface area contributed by atoms with E-state index in [1.54, 1.807) is 18.2 Å². The Hall–Kier alpha value is -1.31. The Bertz CT molecular complexity index is 476. The first-order valence-corrected chi connectivity index (χ1v) is 6.23. The summed E-state index contributed by atoms with van der Waals surface area (Å²) in [6.45, 7) is 0. The normalized spacial score (nSPS) is 18.9. The van der Waals surface area contributed by atoms with Crippen LogP contribution in [0.3, 0.4) is 0 Å². The second-order valence-electron chi connectivity index (χ2n) is 3.81. The highest BCUT2D eigenvalue weighted by Crippen LogP contribution is 2.25. The molecular weight excluding hydrogens is 335 g/mol. The minimum atomic E-state index is -0.499. The lowest BCUT2D eigenvalue weighted by atomic mass is 10.2. The Morgan fingerprint density at radius 1 is 1.53 bits per heavy atom. The molecule has 0 spiro atoms. The van der Waals surface area contributed by atoms with E-state index in [0.717, 1.165) is 3.57 Å². The van der Waals surface area contributed by atoms with Crippen molar-refractivity contribution in [3.63, 3.8) is 0 Å². The molecule has 0 bridgehead atoms. The topological polar surface area (TPSA) is 78.4 Å². The van der Waals surface area contributed by atoms with Crippen molar-refractivity contribution in [1.29, 1.82) is 0 Å². The van der Waals surface area contributed by atoms with Gasteiger partial charge in [0.05, 0.1) is 5.69 Å². The van der Waals surface area contributed by atoms with Gasteiger partial charge in [-0.25, -0.2) is 0 Å². The number of phenols is 1. The van der Waals surface area contributed by atoms with Crippen LogP contribution in [0.25, 0.3) is 0 Å². The minimum Gasteiger partial charge on any atom is -0.506 e. The lowest BCUT2D eigenvalue weighted by Gasteiger charge is -2.12. The van der Waals surface area contributed by atoms with Crippen LogP contribution in [-0.4, -0.2) is 23.0 Å². The average molecular weight is 346 g/mol. The third-order valence-corrected chi connectivity index (χ3v) is 3.20. The molecule has 2 rings (SSSR count). The standard InChI is InChI=1S/C11H11IN2O3/c12-6-1-2-7(9(15)5-6)14-11(17)8-3-4-10(16)13-8/h1-2,5,8,15H,3-4H2,(H,13,16)(H,14,17)/t8-/m1/s1. The van der Waals surface area contributed by atoms with Crippen LogP contribution >= 0.6 is 22.6 Å². The Morgan fingerprint density at radius 2 is 2.29 bits per heavy atom. The molecule has 6 heteroatoms. The zero-order chi connectivity index (χ0) is 12.4. The molecule has 0 radical (unpaired) electrons. The number of anilines is 1. The van der Waals surface area contributed by atoms with Crippen LogP contribution in [0, 0.1) is 3.57 Å². The van der Waals surface area contributed by atoms with E-state index in [0.29, 0.717) is 18.5 Å². The molecule has 5 nitrogen and oxygen atoms in total. The zero-order valence-electron chi connectivity index (χ0n) is 8.87. The van der Waals surface area contributed by atoms with Crippen molar-refractivity contribution in [3.05, 3.63) is 21.8 Å². The first kappa shape index (κ1) is 12.2. The number of hydrogen-bond donors (Lipinski definition) is 3. The molecule has 2 amide bonds. The monoisotopic (exact) mass is 346 g/mol. The molecule has 90 valence electrons. The Balaban J connectivity index is 2.05. The first-order valence-electron chi connectivity index (χ1n) is 5.15. The summed E-state index contributed by atoms with van der Waals surface area (Å²) in [5.41, 5.74) is 0.358. The number of benzene rings is 1. The predicted molar refractivity (Wildman–Crippen MR) is 70.6 cm³/mol. The molecular formula is C11H11IN2O3. The number of halogens is 1. The Kier molecular flexibility index (Phi) is 3.51. The summed E-state index contributed by atoms with van der Waals surface area (Å²) in [6, 6.07) is 4.47. The minimum absolute atomic E-state index is 0.0228. The third kappa shape index (κ3) is 2.87. The van der Waals surface area contributed by atoms with Gasteiger partial charge in [0.15, 0.2) is 0 Å². The molecule has 1 aromatic rings. The Labute approximate surface area is 112 Å². The number of hydrogen-bond acceptors (Lipinski definition) is 3. The summed E-state index contributed by atoms with van der Waals surface area (Å²) in [5, 5.41) is 14.8. The zero-order valence-corrected chi connectivity index (χ0v) is 11.0. The second kappa shape index (κ2) is 4.91. The lowest BCUT2D eigenvalue weighted by Crippen LogP contribution is -2.37. The summed E-state index contributed by atoms with van der Waals surface area (Å²) in [7, 11) is 0. The van der Waals surface area contributed by atoms with E-state index in [1.807, 2.05) is 0 Å². The largest absolute Gasteiger partial charge is 0.506 e. The highest BCUT2D eigenvalue weighted by Gasteiger charge is 2.27. The van der Waals surface area contributed by atoms with Gasteiger partial charge in [-0.05, 0) is 47.2 Å². The van der Waals surface area contributed by atoms with E-state index < -0.39 is 6.04 Å². The summed E-state index contributed by atoms with van der Waals surface area (Å²) in [5.74, 6) is -0.390. The number of nitrogens with one attached hydrogen (secondary N) is 2. The van der Waals surface area contributed by atoms with Crippen molar-refractivity contribution in [1.82, 2.24) is 5.32 Å². The van der Waals surface area contributed by atoms with Crippen molar-refractivity contribution >= 4 is 40.1 Å². The van der Waals surface area contributed by atoms with Crippen LogP contribution in [0.2, 0.25) is 0 Å². The van der Waals surface area contributed by atoms with Gasteiger partial charge in [0.2, 0.25) is 11.8 Å². The van der Waals surface area contributed by atoms with E-state index in [1.165, 1.54) is 0 Å². The van der Waals surface area contributed by atoms with Crippen LogP contribution < -0.4 is 10.6 Å². The van der Waals surface area contributed by atoms with Crippen LogP contribution in [-0.2, 0) is 9.59 Å². The summed E-state index contributed by atoms with van der Waals surface area (Å²) in [6.07, 6.45) is 0.868.